The number of nitrogens with zero attached hydrogens (tertiary/aromatic N) is 2. The predicted octanol–water partition coefficient (Wildman–Crippen LogP) is 3.34. The average molecular weight is 283 g/mol. The van der Waals surface area contributed by atoms with E-state index in [1.807, 2.05) is 24.3 Å². The van der Waals surface area contributed by atoms with Gasteiger partial charge in [0.15, 0.2) is 0 Å². The standard InChI is InChI=1S/C16H17N3O2/c1-11-18-19-16(21-11)13-7-9-14(10-8-13)17-15(20)12-5-3-2-4-6-12/h2-3,7-10,12H,4-6H2,1H3,(H,17,20)/t12-/m1/s1. The van der Waals surface area contributed by atoms with Crippen LogP contribution in [-0.4, -0.2) is 16.1 Å². The van der Waals surface area contributed by atoms with Crippen LogP contribution in [0.15, 0.2) is 40.8 Å². The van der Waals surface area contributed by atoms with Crippen molar-refractivity contribution >= 4 is 11.6 Å². The van der Waals surface area contributed by atoms with Crippen molar-refractivity contribution in [2.75, 3.05) is 5.32 Å². The van der Waals surface area contributed by atoms with Crippen molar-refractivity contribution in [3.05, 3.63) is 42.3 Å². The highest BCUT2D eigenvalue weighted by Gasteiger charge is 2.18. The molecule has 0 unspecified atom stereocenters. The Balaban J connectivity index is 1.67. The van der Waals surface area contributed by atoms with E-state index < -0.39 is 0 Å². The minimum absolute atomic E-state index is 0.0771. The lowest BCUT2D eigenvalue weighted by Crippen LogP contribution is -2.23. The molecule has 1 aliphatic rings. The smallest absolute Gasteiger partial charge is 0.247 e. The number of benzene rings is 1. The van der Waals surface area contributed by atoms with Crippen molar-refractivity contribution in [2.45, 2.75) is 26.2 Å². The van der Waals surface area contributed by atoms with Gasteiger partial charge in [-0.2, -0.15) is 0 Å². The summed E-state index contributed by atoms with van der Waals surface area (Å²) in [6.07, 6.45) is 6.93. The molecule has 0 spiro atoms. The second-order valence-corrected chi connectivity index (χ2v) is 5.17. The molecule has 5 nitrogen and oxygen atoms in total. The zero-order chi connectivity index (χ0) is 14.7. The van der Waals surface area contributed by atoms with Gasteiger partial charge in [0.25, 0.3) is 0 Å². The summed E-state index contributed by atoms with van der Waals surface area (Å²) in [5.74, 6) is 1.18. The maximum Gasteiger partial charge on any atom is 0.247 e. The molecule has 1 heterocycles. The van der Waals surface area contributed by atoms with Crippen LogP contribution in [0.4, 0.5) is 5.69 Å². The van der Waals surface area contributed by atoms with E-state index in [0.29, 0.717) is 11.8 Å². The molecule has 21 heavy (non-hydrogen) atoms. The molecule has 0 radical (unpaired) electrons. The predicted molar refractivity (Wildman–Crippen MR) is 79.6 cm³/mol. The lowest BCUT2D eigenvalue weighted by Gasteiger charge is -2.17. The minimum atomic E-state index is 0.0771. The fourth-order valence-electron chi connectivity index (χ4n) is 2.39. The maximum atomic E-state index is 12.1. The molecule has 1 aromatic heterocycles. The average Bonchev–Trinajstić information content (AvgIpc) is 2.95. The SMILES string of the molecule is Cc1nnc(-c2ccc(NC(=O)[C@@H]3CC=CCC3)cc2)o1. The van der Waals surface area contributed by atoms with Crippen molar-refractivity contribution in [3.63, 3.8) is 0 Å². The van der Waals surface area contributed by atoms with Crippen LogP contribution in [0.2, 0.25) is 0 Å². The highest BCUT2D eigenvalue weighted by molar-refractivity contribution is 5.92. The number of anilines is 1. The molecule has 1 aliphatic carbocycles. The molecule has 108 valence electrons. The van der Waals surface area contributed by atoms with Crippen LogP contribution in [0.3, 0.4) is 0 Å². The summed E-state index contributed by atoms with van der Waals surface area (Å²) in [6.45, 7) is 1.75. The number of aryl methyl sites for hydroxylation is 1. The number of hydrogen-bond acceptors (Lipinski definition) is 4. The summed E-state index contributed by atoms with van der Waals surface area (Å²) < 4.78 is 5.37. The number of carbonyl (C=O) groups is 1. The molecule has 0 saturated carbocycles. The Morgan fingerprint density at radius 3 is 2.67 bits per heavy atom. The van der Waals surface area contributed by atoms with E-state index in [2.05, 4.69) is 27.7 Å². The van der Waals surface area contributed by atoms with E-state index in [1.165, 1.54) is 0 Å². The molecular formula is C16H17N3O2. The maximum absolute atomic E-state index is 12.1. The van der Waals surface area contributed by atoms with Gasteiger partial charge in [-0.05, 0) is 43.5 Å². The molecule has 0 aliphatic heterocycles. The van der Waals surface area contributed by atoms with Gasteiger partial charge in [-0.3, -0.25) is 4.79 Å². The first kappa shape index (κ1) is 13.5. The van der Waals surface area contributed by atoms with Crippen LogP contribution in [0.25, 0.3) is 11.5 Å². The van der Waals surface area contributed by atoms with Gasteiger partial charge in [0.2, 0.25) is 17.7 Å². The van der Waals surface area contributed by atoms with Gasteiger partial charge in [0, 0.05) is 24.1 Å². The summed E-state index contributed by atoms with van der Waals surface area (Å²) in [6, 6.07) is 7.43. The van der Waals surface area contributed by atoms with Gasteiger partial charge in [0.05, 0.1) is 0 Å². The van der Waals surface area contributed by atoms with Crippen LogP contribution in [0, 0.1) is 12.8 Å². The van der Waals surface area contributed by atoms with Crippen LogP contribution in [0.5, 0.6) is 0 Å². The Hall–Kier alpha value is -2.43. The molecule has 0 fully saturated rings. The summed E-state index contributed by atoms with van der Waals surface area (Å²) in [5.41, 5.74) is 1.63. The summed E-state index contributed by atoms with van der Waals surface area (Å²) >= 11 is 0. The largest absolute Gasteiger partial charge is 0.421 e. The number of carbonyl (C=O) groups excluding carboxylic acids is 1. The van der Waals surface area contributed by atoms with Crippen molar-refractivity contribution < 1.29 is 9.21 Å². The van der Waals surface area contributed by atoms with Crippen molar-refractivity contribution in [1.29, 1.82) is 0 Å². The number of allylic oxidation sites excluding steroid dienone is 2. The topological polar surface area (TPSA) is 68.0 Å². The molecule has 0 saturated heterocycles. The Bertz CT molecular complexity index is 658. The van der Waals surface area contributed by atoms with Gasteiger partial charge in [-0.25, -0.2) is 0 Å². The van der Waals surface area contributed by atoms with Gasteiger partial charge in [-0.1, -0.05) is 12.2 Å². The minimum Gasteiger partial charge on any atom is -0.421 e. The second kappa shape index (κ2) is 5.91. The molecule has 0 bridgehead atoms. The fraction of sp³-hybridized carbons (Fsp3) is 0.312. The van der Waals surface area contributed by atoms with Gasteiger partial charge >= 0.3 is 0 Å². The van der Waals surface area contributed by atoms with Crippen LogP contribution in [0.1, 0.15) is 25.2 Å². The van der Waals surface area contributed by atoms with E-state index in [0.717, 1.165) is 30.5 Å². The van der Waals surface area contributed by atoms with Crippen molar-refractivity contribution in [1.82, 2.24) is 10.2 Å². The van der Waals surface area contributed by atoms with Crippen molar-refractivity contribution in [3.8, 4) is 11.5 Å². The Labute approximate surface area is 123 Å². The van der Waals surface area contributed by atoms with E-state index in [1.54, 1.807) is 6.92 Å². The van der Waals surface area contributed by atoms with Crippen LogP contribution in [-0.2, 0) is 4.79 Å². The monoisotopic (exact) mass is 283 g/mol. The Morgan fingerprint density at radius 2 is 2.05 bits per heavy atom. The first-order valence-electron chi connectivity index (χ1n) is 7.09. The molecule has 1 aromatic carbocycles. The number of nitrogens with one attached hydrogen (secondary N) is 1. The van der Waals surface area contributed by atoms with E-state index in [4.69, 9.17) is 4.42 Å². The molecule has 2 aromatic rings. The summed E-state index contributed by atoms with van der Waals surface area (Å²) in [5, 5.41) is 10.7. The Kier molecular flexibility index (Phi) is 3.81. The lowest BCUT2D eigenvalue weighted by molar-refractivity contribution is -0.120. The molecule has 1 N–H and O–H groups in total. The van der Waals surface area contributed by atoms with E-state index in [9.17, 15) is 4.79 Å². The third kappa shape index (κ3) is 3.18. The van der Waals surface area contributed by atoms with E-state index in [-0.39, 0.29) is 11.8 Å². The first-order chi connectivity index (χ1) is 10.2. The highest BCUT2D eigenvalue weighted by atomic mass is 16.4. The summed E-state index contributed by atoms with van der Waals surface area (Å²) in [7, 11) is 0. The zero-order valence-corrected chi connectivity index (χ0v) is 11.9. The van der Waals surface area contributed by atoms with Gasteiger partial charge < -0.3 is 9.73 Å². The lowest BCUT2D eigenvalue weighted by atomic mass is 9.93. The van der Waals surface area contributed by atoms with Gasteiger partial charge in [-0.15, -0.1) is 10.2 Å². The molecular weight excluding hydrogens is 266 g/mol. The third-order valence-corrected chi connectivity index (χ3v) is 3.57. The molecule has 1 atom stereocenters. The Morgan fingerprint density at radius 1 is 1.24 bits per heavy atom. The third-order valence-electron chi connectivity index (χ3n) is 3.57. The molecule has 1 amide bonds. The highest BCUT2D eigenvalue weighted by Crippen LogP contribution is 2.22. The van der Waals surface area contributed by atoms with Gasteiger partial charge in [0.1, 0.15) is 0 Å². The molecule has 5 heteroatoms. The van der Waals surface area contributed by atoms with Crippen LogP contribution >= 0.6 is 0 Å². The fourth-order valence-corrected chi connectivity index (χ4v) is 2.39. The quantitative estimate of drug-likeness (QED) is 0.877. The number of aromatic nitrogens is 2. The summed E-state index contributed by atoms with van der Waals surface area (Å²) in [4.78, 5) is 12.1. The first-order valence-corrected chi connectivity index (χ1v) is 7.09. The number of amides is 1. The van der Waals surface area contributed by atoms with E-state index >= 15 is 0 Å². The number of rotatable bonds is 3. The van der Waals surface area contributed by atoms with Crippen molar-refractivity contribution in [2.24, 2.45) is 5.92 Å². The zero-order valence-electron chi connectivity index (χ0n) is 11.9. The second-order valence-electron chi connectivity index (χ2n) is 5.17. The normalized spacial score (nSPS) is 17.7. The number of hydrogen-bond donors (Lipinski definition) is 1. The van der Waals surface area contributed by atoms with Crippen LogP contribution < -0.4 is 5.32 Å². The molecule has 3 rings (SSSR count).